The summed E-state index contributed by atoms with van der Waals surface area (Å²) in [4.78, 5) is 38.3. The Bertz CT molecular complexity index is 816. The van der Waals surface area contributed by atoms with Gasteiger partial charge >= 0.3 is 0 Å². The number of anilines is 2. The van der Waals surface area contributed by atoms with Crippen LogP contribution in [-0.2, 0) is 9.59 Å². The number of imide groups is 1. The van der Waals surface area contributed by atoms with Crippen LogP contribution in [0.1, 0.15) is 64.7 Å². The van der Waals surface area contributed by atoms with Gasteiger partial charge in [0.15, 0.2) is 0 Å². The third-order valence-corrected chi connectivity index (χ3v) is 6.84. The van der Waals surface area contributed by atoms with Gasteiger partial charge < -0.3 is 5.32 Å². The van der Waals surface area contributed by atoms with Gasteiger partial charge in [-0.15, -0.1) is 0 Å². The van der Waals surface area contributed by atoms with Gasteiger partial charge in [0.2, 0.25) is 11.8 Å². The van der Waals surface area contributed by atoms with Gasteiger partial charge in [0.25, 0.3) is 5.69 Å². The second kappa shape index (κ2) is 8.13. The number of nitro benzene ring substituents is 1. The quantitative estimate of drug-likeness (QED) is 0.344. The molecule has 2 amide bonds. The van der Waals surface area contributed by atoms with Gasteiger partial charge in [-0.1, -0.05) is 32.6 Å². The van der Waals surface area contributed by atoms with E-state index in [1.54, 1.807) is 12.1 Å². The van der Waals surface area contributed by atoms with Crippen molar-refractivity contribution in [2.24, 2.45) is 17.8 Å². The van der Waals surface area contributed by atoms with Crippen molar-refractivity contribution in [2.45, 2.75) is 70.8 Å². The van der Waals surface area contributed by atoms with Crippen molar-refractivity contribution >= 4 is 28.9 Å². The van der Waals surface area contributed by atoms with Gasteiger partial charge in [0.1, 0.15) is 5.69 Å². The Morgan fingerprint density at radius 1 is 1.00 bits per heavy atom. The highest BCUT2D eigenvalue weighted by atomic mass is 16.6. The Morgan fingerprint density at radius 3 is 2.38 bits per heavy atom. The summed E-state index contributed by atoms with van der Waals surface area (Å²) in [5.74, 6) is -0.542. The van der Waals surface area contributed by atoms with E-state index >= 15 is 0 Å². The maximum Gasteiger partial charge on any atom is 0.294 e. The van der Waals surface area contributed by atoms with Crippen LogP contribution >= 0.6 is 0 Å². The molecule has 0 spiro atoms. The molecule has 1 N–H and O–H groups in total. The third-order valence-electron chi connectivity index (χ3n) is 6.84. The fourth-order valence-corrected chi connectivity index (χ4v) is 5.22. The van der Waals surface area contributed by atoms with Crippen LogP contribution in [0.25, 0.3) is 0 Å². The second-order valence-electron chi connectivity index (χ2n) is 8.93. The molecule has 4 rings (SSSR count). The summed E-state index contributed by atoms with van der Waals surface area (Å²) >= 11 is 0. The summed E-state index contributed by atoms with van der Waals surface area (Å²) in [6.07, 6.45) is 9.05. The molecule has 3 aliphatic rings. The van der Waals surface area contributed by atoms with Crippen molar-refractivity contribution in [2.75, 3.05) is 10.2 Å². The van der Waals surface area contributed by atoms with E-state index in [-0.39, 0.29) is 35.4 Å². The predicted molar refractivity (Wildman–Crippen MR) is 111 cm³/mol. The molecule has 156 valence electrons. The number of hydrogen-bond donors (Lipinski definition) is 1. The average Bonchev–Trinajstić information content (AvgIpc) is 2.86. The van der Waals surface area contributed by atoms with Crippen molar-refractivity contribution in [3.05, 3.63) is 28.3 Å². The van der Waals surface area contributed by atoms with Crippen molar-refractivity contribution in [3.63, 3.8) is 0 Å². The van der Waals surface area contributed by atoms with Crippen LogP contribution in [0, 0.1) is 27.9 Å². The zero-order chi connectivity index (χ0) is 20.5. The molecule has 0 unspecified atom stereocenters. The van der Waals surface area contributed by atoms with Crippen LogP contribution in [0.5, 0.6) is 0 Å². The predicted octanol–water partition coefficient (Wildman–Crippen LogP) is 4.66. The molecule has 3 atom stereocenters. The molecule has 1 aliphatic heterocycles. The van der Waals surface area contributed by atoms with Crippen LogP contribution < -0.4 is 10.2 Å². The highest BCUT2D eigenvalue weighted by molar-refractivity contribution is 6.22. The number of hydrogen-bond acceptors (Lipinski definition) is 5. The van der Waals surface area contributed by atoms with E-state index in [4.69, 9.17) is 0 Å². The Labute approximate surface area is 171 Å². The number of rotatable bonds is 4. The fraction of sp³-hybridized carbons (Fsp3) is 0.636. The molecule has 0 aromatic heterocycles. The summed E-state index contributed by atoms with van der Waals surface area (Å²) in [7, 11) is 0. The lowest BCUT2D eigenvalue weighted by atomic mass is 9.76. The molecule has 7 heteroatoms. The molecular weight excluding hydrogens is 370 g/mol. The molecule has 1 saturated heterocycles. The first-order valence-corrected chi connectivity index (χ1v) is 10.9. The Hall–Kier alpha value is -2.44. The lowest BCUT2D eigenvalue weighted by Gasteiger charge is -2.25. The number of carbonyl (C=O) groups is 2. The molecule has 3 fully saturated rings. The number of benzene rings is 1. The third kappa shape index (κ3) is 3.87. The molecule has 0 radical (unpaired) electrons. The molecule has 1 aromatic carbocycles. The molecule has 29 heavy (non-hydrogen) atoms. The van der Waals surface area contributed by atoms with E-state index in [1.807, 2.05) is 0 Å². The molecular formula is C22H29N3O4. The monoisotopic (exact) mass is 399 g/mol. The van der Waals surface area contributed by atoms with Crippen molar-refractivity contribution in [1.82, 2.24) is 0 Å². The lowest BCUT2D eigenvalue weighted by Crippen LogP contribution is -2.31. The van der Waals surface area contributed by atoms with E-state index in [9.17, 15) is 19.7 Å². The highest BCUT2D eigenvalue weighted by Crippen LogP contribution is 2.43. The van der Waals surface area contributed by atoms with E-state index in [1.165, 1.54) is 23.8 Å². The zero-order valence-electron chi connectivity index (χ0n) is 16.9. The SMILES string of the molecule is C[C@@H]1CC[C@@H]2C(=O)N(c3ccc(NC4CCCCCC4)c([N+](=O)[O-])c3)C(=O)[C@@H]2C1. The second-order valence-corrected chi connectivity index (χ2v) is 8.93. The molecule has 1 heterocycles. The van der Waals surface area contributed by atoms with Crippen LogP contribution in [0.15, 0.2) is 18.2 Å². The van der Waals surface area contributed by atoms with Gasteiger partial charge in [-0.3, -0.25) is 19.7 Å². The molecule has 0 bridgehead atoms. The smallest absolute Gasteiger partial charge is 0.294 e. The Balaban J connectivity index is 1.60. The van der Waals surface area contributed by atoms with Crippen LogP contribution in [-0.4, -0.2) is 22.8 Å². The normalized spacial score (nSPS) is 28.2. The van der Waals surface area contributed by atoms with E-state index in [2.05, 4.69) is 12.2 Å². The van der Waals surface area contributed by atoms with Gasteiger partial charge in [0.05, 0.1) is 22.4 Å². The van der Waals surface area contributed by atoms with Crippen LogP contribution in [0.4, 0.5) is 17.1 Å². The Morgan fingerprint density at radius 2 is 1.69 bits per heavy atom. The topological polar surface area (TPSA) is 92.6 Å². The Kier molecular flexibility index (Phi) is 5.56. The number of nitrogens with one attached hydrogen (secondary N) is 1. The summed E-state index contributed by atoms with van der Waals surface area (Å²) in [6.45, 7) is 2.11. The van der Waals surface area contributed by atoms with Crippen LogP contribution in [0.2, 0.25) is 0 Å². The van der Waals surface area contributed by atoms with Gasteiger partial charge in [-0.25, -0.2) is 4.90 Å². The number of carbonyl (C=O) groups excluding carboxylic acids is 2. The largest absolute Gasteiger partial charge is 0.377 e. The van der Waals surface area contributed by atoms with E-state index in [0.29, 0.717) is 17.3 Å². The van der Waals surface area contributed by atoms with E-state index in [0.717, 1.165) is 44.9 Å². The van der Waals surface area contributed by atoms with Crippen molar-refractivity contribution in [3.8, 4) is 0 Å². The lowest BCUT2D eigenvalue weighted by molar-refractivity contribution is -0.383. The average molecular weight is 399 g/mol. The number of nitrogens with zero attached hydrogens (tertiary/aromatic N) is 2. The first kappa shape index (κ1) is 19.9. The maximum atomic E-state index is 12.9. The minimum atomic E-state index is -0.428. The van der Waals surface area contributed by atoms with Gasteiger partial charge in [-0.2, -0.15) is 0 Å². The van der Waals surface area contributed by atoms with Crippen molar-refractivity contribution < 1.29 is 14.5 Å². The van der Waals surface area contributed by atoms with Crippen LogP contribution in [0.3, 0.4) is 0 Å². The zero-order valence-corrected chi connectivity index (χ0v) is 16.9. The number of fused-ring (bicyclic) bond motifs is 1. The molecule has 2 aliphatic carbocycles. The maximum absolute atomic E-state index is 12.9. The summed E-state index contributed by atoms with van der Waals surface area (Å²) in [6, 6.07) is 4.93. The standard InChI is InChI=1S/C22H29N3O4/c1-14-8-10-17-18(12-14)22(27)24(21(17)26)16-9-11-19(20(13-16)25(28)29)23-15-6-4-2-3-5-7-15/h9,11,13-15,17-18,23H,2-8,10,12H2,1H3/t14-,17+,18-/m1/s1. The van der Waals surface area contributed by atoms with E-state index < -0.39 is 4.92 Å². The molecule has 2 saturated carbocycles. The first-order valence-electron chi connectivity index (χ1n) is 10.9. The number of nitro groups is 1. The summed E-state index contributed by atoms with van der Waals surface area (Å²) in [5.41, 5.74) is 0.714. The van der Waals surface area contributed by atoms with Crippen molar-refractivity contribution in [1.29, 1.82) is 0 Å². The fourth-order valence-electron chi connectivity index (χ4n) is 5.22. The summed E-state index contributed by atoms with van der Waals surface area (Å²) in [5, 5.41) is 15.1. The molecule has 1 aromatic rings. The highest BCUT2D eigenvalue weighted by Gasteiger charge is 2.50. The first-order chi connectivity index (χ1) is 14.0. The minimum Gasteiger partial charge on any atom is -0.377 e. The summed E-state index contributed by atoms with van der Waals surface area (Å²) < 4.78 is 0. The van der Waals surface area contributed by atoms with Gasteiger partial charge in [0, 0.05) is 12.1 Å². The number of amides is 2. The van der Waals surface area contributed by atoms with Gasteiger partial charge in [-0.05, 0) is 50.2 Å². The molecule has 7 nitrogen and oxygen atoms in total. The minimum absolute atomic E-state index is 0.0735.